The summed E-state index contributed by atoms with van der Waals surface area (Å²) >= 11 is 0. The van der Waals surface area contributed by atoms with Crippen molar-refractivity contribution in [2.45, 2.75) is 46.2 Å². The van der Waals surface area contributed by atoms with Crippen molar-refractivity contribution in [1.29, 1.82) is 0 Å². The summed E-state index contributed by atoms with van der Waals surface area (Å²) in [5, 5.41) is 2.92. The summed E-state index contributed by atoms with van der Waals surface area (Å²) in [6, 6.07) is 15.2. The van der Waals surface area contributed by atoms with Crippen LogP contribution in [0.25, 0.3) is 0 Å². The summed E-state index contributed by atoms with van der Waals surface area (Å²) in [4.78, 5) is 26.6. The van der Waals surface area contributed by atoms with Gasteiger partial charge < -0.3 is 15.0 Å². The molecule has 0 heterocycles. The van der Waals surface area contributed by atoms with Gasteiger partial charge in [0.05, 0.1) is 25.6 Å². The summed E-state index contributed by atoms with van der Waals surface area (Å²) in [5.74, 6) is 0.614. The number of carbonyl (C=O) groups excluding carboxylic acids is 2. The molecule has 0 aliphatic rings. The first-order valence-electron chi connectivity index (χ1n) is 9.62. The lowest BCUT2D eigenvalue weighted by atomic mass is 10.00. The molecule has 5 heteroatoms. The molecule has 2 unspecified atom stereocenters. The molecule has 5 nitrogen and oxygen atoms in total. The molecule has 28 heavy (non-hydrogen) atoms. The van der Waals surface area contributed by atoms with Gasteiger partial charge in [-0.2, -0.15) is 0 Å². The summed E-state index contributed by atoms with van der Waals surface area (Å²) in [6.45, 7) is 8.04. The second-order valence-electron chi connectivity index (χ2n) is 7.00. The Morgan fingerprint density at radius 3 is 2.36 bits per heavy atom. The number of methoxy groups -OCH3 is 1. The number of rotatable bonds is 8. The van der Waals surface area contributed by atoms with Crippen LogP contribution in [0.15, 0.2) is 48.5 Å². The van der Waals surface area contributed by atoms with E-state index in [1.54, 1.807) is 7.11 Å². The number of ether oxygens (including phenoxy) is 1. The van der Waals surface area contributed by atoms with Crippen LogP contribution in [-0.4, -0.2) is 30.4 Å². The maximum Gasteiger partial charge on any atom is 0.225 e. The third kappa shape index (κ3) is 5.59. The molecule has 0 bridgehead atoms. The maximum atomic E-state index is 13.1. The van der Waals surface area contributed by atoms with Gasteiger partial charge in [0.1, 0.15) is 5.75 Å². The highest BCUT2D eigenvalue weighted by atomic mass is 16.5. The minimum absolute atomic E-state index is 0.00264. The van der Waals surface area contributed by atoms with Crippen molar-refractivity contribution in [1.82, 2.24) is 10.2 Å². The second kappa shape index (κ2) is 9.93. The van der Waals surface area contributed by atoms with E-state index in [-0.39, 0.29) is 30.3 Å². The van der Waals surface area contributed by atoms with Crippen LogP contribution in [0.4, 0.5) is 0 Å². The van der Waals surface area contributed by atoms with Gasteiger partial charge in [0.25, 0.3) is 0 Å². The fourth-order valence-electron chi connectivity index (χ4n) is 3.34. The lowest BCUT2D eigenvalue weighted by Gasteiger charge is -2.30. The van der Waals surface area contributed by atoms with Crippen molar-refractivity contribution in [3.63, 3.8) is 0 Å². The van der Waals surface area contributed by atoms with E-state index in [1.165, 1.54) is 6.92 Å². The summed E-state index contributed by atoms with van der Waals surface area (Å²) in [6.07, 6.45) is 0.213. The first kappa shape index (κ1) is 21.5. The van der Waals surface area contributed by atoms with E-state index in [9.17, 15) is 9.59 Å². The van der Waals surface area contributed by atoms with E-state index >= 15 is 0 Å². The maximum absolute atomic E-state index is 13.1. The van der Waals surface area contributed by atoms with Crippen LogP contribution in [0.2, 0.25) is 0 Å². The molecule has 0 aromatic heterocycles. The second-order valence-corrected chi connectivity index (χ2v) is 7.00. The predicted molar refractivity (Wildman–Crippen MR) is 111 cm³/mol. The van der Waals surface area contributed by atoms with Crippen molar-refractivity contribution < 1.29 is 14.3 Å². The van der Waals surface area contributed by atoms with Gasteiger partial charge in [-0.3, -0.25) is 9.59 Å². The molecule has 2 aromatic carbocycles. The summed E-state index contributed by atoms with van der Waals surface area (Å²) < 4.78 is 5.30. The Balaban J connectivity index is 2.21. The van der Waals surface area contributed by atoms with Crippen LogP contribution >= 0.6 is 0 Å². The third-order valence-electron chi connectivity index (χ3n) is 4.94. The molecule has 1 N–H and O–H groups in total. The summed E-state index contributed by atoms with van der Waals surface area (Å²) in [5.41, 5.74) is 3.08. The Kier molecular flexibility index (Phi) is 7.61. The van der Waals surface area contributed by atoms with Gasteiger partial charge in [-0.05, 0) is 44.0 Å². The highest BCUT2D eigenvalue weighted by molar-refractivity contribution is 5.79. The van der Waals surface area contributed by atoms with Gasteiger partial charge in [0.2, 0.25) is 11.8 Å². The van der Waals surface area contributed by atoms with E-state index < -0.39 is 0 Å². The molecule has 0 aliphatic carbocycles. The lowest BCUT2D eigenvalue weighted by molar-refractivity contribution is -0.134. The fourth-order valence-corrected chi connectivity index (χ4v) is 3.34. The van der Waals surface area contributed by atoms with E-state index in [4.69, 9.17) is 4.74 Å². The van der Waals surface area contributed by atoms with Crippen LogP contribution in [0.3, 0.4) is 0 Å². The zero-order chi connectivity index (χ0) is 20.7. The van der Waals surface area contributed by atoms with Gasteiger partial charge in [0.15, 0.2) is 0 Å². The van der Waals surface area contributed by atoms with Crippen LogP contribution < -0.4 is 10.1 Å². The molecular formula is C23H30N2O3. The van der Waals surface area contributed by atoms with Crippen LogP contribution in [0.5, 0.6) is 5.75 Å². The Morgan fingerprint density at radius 2 is 1.79 bits per heavy atom. The first-order valence-corrected chi connectivity index (χ1v) is 9.62. The van der Waals surface area contributed by atoms with Gasteiger partial charge in [0, 0.05) is 13.5 Å². The topological polar surface area (TPSA) is 58.6 Å². The number of hydrogen-bond donors (Lipinski definition) is 1. The number of nitrogens with zero attached hydrogens (tertiary/aromatic N) is 1. The number of aryl methyl sites for hydroxylation is 1. The zero-order valence-corrected chi connectivity index (χ0v) is 17.4. The quantitative estimate of drug-likeness (QED) is 0.745. The predicted octanol–water partition coefficient (Wildman–Crippen LogP) is 4.18. The highest BCUT2D eigenvalue weighted by Crippen LogP contribution is 2.26. The molecule has 0 aliphatic heterocycles. The molecule has 2 rings (SSSR count). The number of carbonyl (C=O) groups is 2. The minimum Gasteiger partial charge on any atom is -0.497 e. The molecule has 0 fully saturated rings. The number of nitrogens with one attached hydrogen (secondary N) is 1. The van der Waals surface area contributed by atoms with Crippen molar-refractivity contribution in [2.24, 2.45) is 0 Å². The average molecular weight is 383 g/mol. The van der Waals surface area contributed by atoms with Gasteiger partial charge in [-0.25, -0.2) is 0 Å². The Bertz CT molecular complexity index is 802. The molecule has 0 spiro atoms. The first-order chi connectivity index (χ1) is 13.3. The normalized spacial score (nSPS) is 12.8. The van der Waals surface area contributed by atoms with Gasteiger partial charge in [-0.1, -0.05) is 42.0 Å². The van der Waals surface area contributed by atoms with Crippen LogP contribution in [0.1, 0.15) is 56.0 Å². The Labute approximate surface area is 167 Å². The standard InChI is InChI=1S/C23H30N2O3/c1-6-25(17(3)20-8-7-9-21(14-20)28-5)23(27)15-22(24-18(4)26)19-12-10-16(2)11-13-19/h7-14,17,22H,6,15H2,1-5H3,(H,24,26). The van der Waals surface area contributed by atoms with Crippen LogP contribution in [0, 0.1) is 6.92 Å². The SMILES string of the molecule is CCN(C(=O)CC(NC(C)=O)c1ccc(C)cc1)C(C)c1cccc(OC)c1. The monoisotopic (exact) mass is 382 g/mol. The molecule has 2 atom stereocenters. The molecule has 2 amide bonds. The molecule has 0 saturated heterocycles. The number of amides is 2. The van der Waals surface area contributed by atoms with Crippen molar-refractivity contribution >= 4 is 11.8 Å². The largest absolute Gasteiger partial charge is 0.497 e. The Hall–Kier alpha value is -2.82. The zero-order valence-electron chi connectivity index (χ0n) is 17.4. The van der Waals surface area contributed by atoms with E-state index in [2.05, 4.69) is 5.32 Å². The van der Waals surface area contributed by atoms with E-state index in [1.807, 2.05) is 74.2 Å². The molecular weight excluding hydrogens is 352 g/mol. The van der Waals surface area contributed by atoms with E-state index in [0.29, 0.717) is 6.54 Å². The third-order valence-corrected chi connectivity index (χ3v) is 4.94. The van der Waals surface area contributed by atoms with E-state index in [0.717, 1.165) is 22.4 Å². The molecule has 150 valence electrons. The average Bonchev–Trinajstić information content (AvgIpc) is 2.68. The Morgan fingerprint density at radius 1 is 1.11 bits per heavy atom. The molecule has 0 radical (unpaired) electrons. The van der Waals surface area contributed by atoms with Gasteiger partial charge in [-0.15, -0.1) is 0 Å². The van der Waals surface area contributed by atoms with Crippen molar-refractivity contribution in [2.75, 3.05) is 13.7 Å². The van der Waals surface area contributed by atoms with Gasteiger partial charge >= 0.3 is 0 Å². The summed E-state index contributed by atoms with van der Waals surface area (Å²) in [7, 11) is 1.63. The van der Waals surface area contributed by atoms with Crippen molar-refractivity contribution in [3.05, 3.63) is 65.2 Å². The highest BCUT2D eigenvalue weighted by Gasteiger charge is 2.24. The molecule has 2 aromatic rings. The number of hydrogen-bond acceptors (Lipinski definition) is 3. The fraction of sp³-hybridized carbons (Fsp3) is 0.391. The van der Waals surface area contributed by atoms with Crippen molar-refractivity contribution in [3.8, 4) is 5.75 Å². The van der Waals surface area contributed by atoms with Crippen LogP contribution in [-0.2, 0) is 9.59 Å². The smallest absolute Gasteiger partial charge is 0.225 e. The lowest BCUT2D eigenvalue weighted by Crippen LogP contribution is -2.37. The molecule has 0 saturated carbocycles. The minimum atomic E-state index is -0.350. The number of benzene rings is 2.